The Hall–Kier alpha value is -5.68. The van der Waals surface area contributed by atoms with Gasteiger partial charge in [0, 0.05) is 45.1 Å². The Morgan fingerprint density at radius 3 is 2.25 bits per heavy atom. The number of rotatable bonds is 3. The third-order valence-corrected chi connectivity index (χ3v) is 11.3. The molecule has 0 saturated carbocycles. The first-order valence-electron chi connectivity index (χ1n) is 17.9. The topological polar surface area (TPSA) is 48.6 Å². The zero-order chi connectivity index (χ0) is 34.9. The summed E-state index contributed by atoms with van der Waals surface area (Å²) in [5, 5.41) is 2.46. The Kier molecular flexibility index (Phi) is 6.17. The van der Waals surface area contributed by atoms with Gasteiger partial charge in [0.25, 0.3) is 0 Å². The minimum Gasteiger partial charge on any atom is -0.467 e. The number of hydrogen-bond donors (Lipinski definition) is 0. The fourth-order valence-corrected chi connectivity index (χ4v) is 8.83. The van der Waals surface area contributed by atoms with E-state index in [-0.39, 0.29) is 17.6 Å². The van der Waals surface area contributed by atoms with E-state index in [2.05, 4.69) is 138 Å². The van der Waals surface area contributed by atoms with Crippen LogP contribution in [0, 0.1) is 34.6 Å². The molecule has 0 fully saturated rings. The smallest absolute Gasteiger partial charge is 0.217 e. The van der Waals surface area contributed by atoms with Gasteiger partial charge in [-0.25, -0.2) is 9.98 Å². The average molecular weight is 666 g/mol. The molecular formula is C46H39N3O2. The van der Waals surface area contributed by atoms with E-state index in [1.54, 1.807) is 0 Å². The van der Waals surface area contributed by atoms with Gasteiger partial charge < -0.3 is 9.47 Å². The van der Waals surface area contributed by atoms with Crippen molar-refractivity contribution in [2.75, 3.05) is 0 Å². The highest BCUT2D eigenvalue weighted by Crippen LogP contribution is 2.52. The van der Waals surface area contributed by atoms with Gasteiger partial charge in [0.05, 0.1) is 11.0 Å². The summed E-state index contributed by atoms with van der Waals surface area (Å²) in [5.41, 5.74) is 16.4. The third kappa shape index (κ3) is 4.33. The quantitative estimate of drug-likeness (QED) is 0.189. The van der Waals surface area contributed by atoms with Gasteiger partial charge in [-0.1, -0.05) is 79.1 Å². The maximum Gasteiger partial charge on any atom is 0.217 e. The summed E-state index contributed by atoms with van der Waals surface area (Å²) in [6.45, 7) is 15.3. The van der Waals surface area contributed by atoms with Crippen molar-refractivity contribution in [3.63, 3.8) is 0 Å². The predicted octanol–water partition coefficient (Wildman–Crippen LogP) is 11.4. The second kappa shape index (κ2) is 10.4. The monoisotopic (exact) mass is 665 g/mol. The van der Waals surface area contributed by atoms with Crippen molar-refractivity contribution in [2.45, 2.75) is 66.0 Å². The Balaban J connectivity index is 1.07. The molecule has 0 saturated heterocycles. The first kappa shape index (κ1) is 30.2. The van der Waals surface area contributed by atoms with E-state index in [9.17, 15) is 0 Å². The number of hydrogen-bond acceptors (Lipinski definition) is 4. The van der Waals surface area contributed by atoms with E-state index in [4.69, 9.17) is 19.5 Å². The van der Waals surface area contributed by atoms with Gasteiger partial charge in [0.1, 0.15) is 23.4 Å². The molecule has 5 nitrogen and oxygen atoms in total. The third-order valence-electron chi connectivity index (χ3n) is 11.3. The molecule has 2 aromatic heterocycles. The fraction of sp³-hybridized carbons (Fsp3) is 0.217. The van der Waals surface area contributed by atoms with Crippen LogP contribution in [0.1, 0.15) is 81.6 Å². The SMILES string of the molecule is Cc1cc(Oc2cc3c(cc2C)c2cc(C)cc4c2n3-c2ncccc2C4(C)C)cc(C2=N[C@@H]3c4ccc(C)cc4-c4cc(C)ccc4[C@@H]3O2)c1. The van der Waals surface area contributed by atoms with Gasteiger partial charge in [-0.3, -0.25) is 4.57 Å². The summed E-state index contributed by atoms with van der Waals surface area (Å²) in [6.07, 6.45) is 1.73. The molecule has 2 atom stereocenters. The Bertz CT molecular complexity index is 2690. The molecule has 0 unspecified atom stereocenters. The minimum atomic E-state index is -0.171. The van der Waals surface area contributed by atoms with E-state index in [1.165, 1.54) is 66.4 Å². The number of fused-ring (bicyclic) bond motifs is 11. The van der Waals surface area contributed by atoms with Crippen LogP contribution in [0.25, 0.3) is 38.8 Å². The molecule has 1 aliphatic carbocycles. The molecule has 10 rings (SSSR count). The molecule has 0 spiro atoms. The molecule has 0 radical (unpaired) electrons. The molecule has 5 heteroatoms. The first-order chi connectivity index (χ1) is 24.5. The summed E-state index contributed by atoms with van der Waals surface area (Å²) < 4.78 is 15.9. The van der Waals surface area contributed by atoms with Gasteiger partial charge >= 0.3 is 0 Å². The molecule has 7 aromatic rings. The lowest BCUT2D eigenvalue weighted by Gasteiger charge is -2.34. The highest BCUT2D eigenvalue weighted by atomic mass is 16.5. The standard InChI is InChI=1S/C46H39N3O2/c1-24-10-12-31-33(17-24)34-18-25(2)11-13-32(34)43-41(31)48-45(51-43)29-15-26(3)16-30(22-29)50-40-23-39-35(21-28(40)5)36-19-27(4)20-38-42(36)49(39)44-37(46(38,6)7)9-8-14-47-44/h8-23,41,43H,1-7H3/t41-,43+/m1/s1. The maximum atomic E-state index is 6.81. The van der Waals surface area contributed by atoms with E-state index >= 15 is 0 Å². The zero-order valence-corrected chi connectivity index (χ0v) is 30.1. The second-order valence-electron chi connectivity index (χ2n) is 15.4. The van der Waals surface area contributed by atoms with Crippen molar-refractivity contribution in [2.24, 2.45) is 4.99 Å². The molecular weight excluding hydrogens is 627 g/mol. The summed E-state index contributed by atoms with van der Waals surface area (Å²) in [7, 11) is 0. The number of nitrogens with zero attached hydrogens (tertiary/aromatic N) is 3. The molecule has 4 heterocycles. The summed E-state index contributed by atoms with van der Waals surface area (Å²) in [5.74, 6) is 3.21. The van der Waals surface area contributed by atoms with Crippen molar-refractivity contribution in [1.29, 1.82) is 0 Å². The summed E-state index contributed by atoms with van der Waals surface area (Å²) in [6, 6.07) is 33.0. The van der Waals surface area contributed by atoms with Gasteiger partial charge in [-0.2, -0.15) is 0 Å². The normalized spacial score (nSPS) is 17.7. The lowest BCUT2D eigenvalue weighted by atomic mass is 9.75. The molecule has 3 aliphatic rings. The number of ether oxygens (including phenoxy) is 2. The molecule has 0 N–H and O–H groups in total. The number of benzene rings is 5. The van der Waals surface area contributed by atoms with Crippen molar-refractivity contribution in [3.8, 4) is 28.4 Å². The molecule has 250 valence electrons. The van der Waals surface area contributed by atoms with Crippen LogP contribution in [-0.2, 0) is 10.2 Å². The van der Waals surface area contributed by atoms with E-state index in [0.717, 1.165) is 39.5 Å². The minimum absolute atomic E-state index is 0.101. The average Bonchev–Trinajstić information content (AvgIpc) is 3.68. The lowest BCUT2D eigenvalue weighted by molar-refractivity contribution is 0.195. The van der Waals surface area contributed by atoms with Crippen LogP contribution in [0.4, 0.5) is 0 Å². The van der Waals surface area contributed by atoms with Crippen LogP contribution in [0.2, 0.25) is 0 Å². The predicted molar refractivity (Wildman–Crippen MR) is 206 cm³/mol. The summed E-state index contributed by atoms with van der Waals surface area (Å²) in [4.78, 5) is 10.2. The first-order valence-corrected chi connectivity index (χ1v) is 17.9. The fourth-order valence-electron chi connectivity index (χ4n) is 8.83. The highest BCUT2D eigenvalue weighted by molar-refractivity contribution is 6.12. The maximum absolute atomic E-state index is 6.81. The largest absolute Gasteiger partial charge is 0.467 e. The molecule has 0 amide bonds. The van der Waals surface area contributed by atoms with Crippen LogP contribution in [0.15, 0.2) is 102 Å². The number of pyridine rings is 1. The van der Waals surface area contributed by atoms with Crippen LogP contribution in [0.3, 0.4) is 0 Å². The van der Waals surface area contributed by atoms with E-state index < -0.39 is 0 Å². The van der Waals surface area contributed by atoms with Crippen molar-refractivity contribution in [3.05, 3.63) is 153 Å². The number of aromatic nitrogens is 2. The van der Waals surface area contributed by atoms with Gasteiger partial charge in [-0.15, -0.1) is 0 Å². The van der Waals surface area contributed by atoms with Crippen LogP contribution < -0.4 is 4.74 Å². The Labute approximate surface area is 298 Å². The molecule has 0 bridgehead atoms. The second-order valence-corrected chi connectivity index (χ2v) is 15.4. The number of aliphatic imine (C=N–C) groups is 1. The molecule has 51 heavy (non-hydrogen) atoms. The molecule has 5 aromatic carbocycles. The van der Waals surface area contributed by atoms with Crippen LogP contribution in [-0.4, -0.2) is 15.4 Å². The lowest BCUT2D eigenvalue weighted by Crippen LogP contribution is -2.27. The Morgan fingerprint density at radius 1 is 0.706 bits per heavy atom. The number of aryl methyl sites for hydroxylation is 5. The van der Waals surface area contributed by atoms with E-state index in [0.29, 0.717) is 5.90 Å². The Morgan fingerprint density at radius 2 is 1.45 bits per heavy atom. The molecule has 2 aliphatic heterocycles. The van der Waals surface area contributed by atoms with Gasteiger partial charge in [0.2, 0.25) is 5.90 Å². The van der Waals surface area contributed by atoms with Gasteiger partial charge in [-0.05, 0) is 104 Å². The van der Waals surface area contributed by atoms with Crippen molar-refractivity contribution >= 4 is 27.7 Å². The summed E-state index contributed by atoms with van der Waals surface area (Å²) >= 11 is 0. The zero-order valence-electron chi connectivity index (χ0n) is 30.1. The van der Waals surface area contributed by atoms with Crippen molar-refractivity contribution < 1.29 is 9.47 Å². The highest BCUT2D eigenvalue weighted by Gasteiger charge is 2.41. The van der Waals surface area contributed by atoms with Crippen LogP contribution >= 0.6 is 0 Å². The van der Waals surface area contributed by atoms with E-state index in [1.807, 2.05) is 12.3 Å². The van der Waals surface area contributed by atoms with Gasteiger partial charge in [0.15, 0.2) is 6.10 Å². The van der Waals surface area contributed by atoms with Crippen molar-refractivity contribution in [1.82, 2.24) is 9.55 Å². The van der Waals surface area contributed by atoms with Crippen LogP contribution in [0.5, 0.6) is 11.5 Å².